The van der Waals surface area contributed by atoms with E-state index in [9.17, 15) is 0 Å². The van der Waals surface area contributed by atoms with Crippen molar-refractivity contribution in [2.75, 3.05) is 4.90 Å². The highest BCUT2D eigenvalue weighted by Gasteiger charge is 2.39. The minimum Gasteiger partial charge on any atom is -0.309 e. The second-order valence-electron chi connectivity index (χ2n) is 14.2. The zero-order chi connectivity index (χ0) is 31.9. The minimum atomic E-state index is -0.223. The van der Waals surface area contributed by atoms with Gasteiger partial charge >= 0.3 is 0 Å². The molecule has 0 amide bonds. The Morgan fingerprint density at radius 1 is 0.362 bits per heavy atom. The van der Waals surface area contributed by atoms with Crippen LogP contribution in [0.15, 0.2) is 152 Å². The van der Waals surface area contributed by atoms with Gasteiger partial charge in [-0.1, -0.05) is 143 Å². The summed E-state index contributed by atoms with van der Waals surface area (Å²) >= 11 is 0. The van der Waals surface area contributed by atoms with Crippen molar-refractivity contribution in [1.82, 2.24) is 0 Å². The van der Waals surface area contributed by atoms with E-state index in [1.807, 2.05) is 0 Å². The topological polar surface area (TPSA) is 3.24 Å². The first-order chi connectivity index (χ1) is 22.8. The Balaban J connectivity index is 1.25. The molecule has 0 unspecified atom stereocenters. The van der Waals surface area contributed by atoms with Crippen LogP contribution in [-0.2, 0) is 10.8 Å². The van der Waals surface area contributed by atoms with E-state index in [2.05, 4.69) is 184 Å². The Morgan fingerprint density at radius 2 is 0.894 bits per heavy atom. The van der Waals surface area contributed by atoms with Crippen molar-refractivity contribution < 1.29 is 0 Å². The van der Waals surface area contributed by atoms with Crippen LogP contribution in [0.25, 0.3) is 44.2 Å². The van der Waals surface area contributed by atoms with E-state index in [-0.39, 0.29) is 10.8 Å². The van der Waals surface area contributed by atoms with Gasteiger partial charge in [0.1, 0.15) is 0 Å². The summed E-state index contributed by atoms with van der Waals surface area (Å²) < 4.78 is 0. The molecule has 47 heavy (non-hydrogen) atoms. The van der Waals surface area contributed by atoms with Crippen LogP contribution >= 0.6 is 0 Å². The van der Waals surface area contributed by atoms with Gasteiger partial charge in [0, 0.05) is 16.2 Å². The highest BCUT2D eigenvalue weighted by molar-refractivity contribution is 6.01. The van der Waals surface area contributed by atoms with Crippen LogP contribution in [0.5, 0.6) is 0 Å². The minimum absolute atomic E-state index is 0.0344. The molecule has 1 aliphatic heterocycles. The molecule has 1 aliphatic carbocycles. The molecule has 0 bridgehead atoms. The van der Waals surface area contributed by atoms with Crippen LogP contribution < -0.4 is 4.90 Å². The van der Waals surface area contributed by atoms with Crippen molar-refractivity contribution in [2.45, 2.75) is 38.5 Å². The summed E-state index contributed by atoms with van der Waals surface area (Å²) in [4.78, 5) is 2.50. The van der Waals surface area contributed by atoms with Crippen molar-refractivity contribution in [3.05, 3.63) is 174 Å². The average Bonchev–Trinajstić information content (AvgIpc) is 3.34. The summed E-state index contributed by atoms with van der Waals surface area (Å²) in [7, 11) is 0. The largest absolute Gasteiger partial charge is 0.309 e. The highest BCUT2D eigenvalue weighted by Crippen LogP contribution is 2.55. The van der Waals surface area contributed by atoms with Gasteiger partial charge in [0.25, 0.3) is 0 Å². The molecule has 0 spiro atoms. The van der Waals surface area contributed by atoms with Crippen molar-refractivity contribution in [3.63, 3.8) is 0 Å². The third-order valence-electron chi connectivity index (χ3n) is 10.9. The first-order valence-electron chi connectivity index (χ1n) is 16.7. The summed E-state index contributed by atoms with van der Waals surface area (Å²) in [5.74, 6) is 0. The van der Waals surface area contributed by atoms with Gasteiger partial charge < -0.3 is 4.90 Å². The monoisotopic (exact) mass is 603 g/mol. The standard InChI is InChI=1S/C46H37N/c1-45(2)38-19-11-10-18-36(38)37-24-21-33(27-39(37)45)34-23-26-44-41(29-34)46(3,4)40-28-32(30-13-6-5-7-14-30)22-25-43(40)47(44)42-20-12-16-31-15-8-9-17-35(31)42/h5-29H,1-4H3. The summed E-state index contributed by atoms with van der Waals surface area (Å²) in [6.07, 6.45) is 0. The lowest BCUT2D eigenvalue weighted by atomic mass is 9.72. The summed E-state index contributed by atoms with van der Waals surface area (Å²) in [5.41, 5.74) is 16.6. The van der Waals surface area contributed by atoms with E-state index in [0.29, 0.717) is 0 Å². The lowest BCUT2D eigenvalue weighted by Crippen LogP contribution is -2.30. The Bertz CT molecular complexity index is 2350. The van der Waals surface area contributed by atoms with E-state index in [1.165, 1.54) is 83.5 Å². The van der Waals surface area contributed by atoms with Gasteiger partial charge in [0.2, 0.25) is 0 Å². The third-order valence-corrected chi connectivity index (χ3v) is 10.9. The van der Waals surface area contributed by atoms with Crippen LogP contribution in [0, 0.1) is 0 Å². The molecule has 7 aromatic carbocycles. The van der Waals surface area contributed by atoms with E-state index >= 15 is 0 Å². The number of hydrogen-bond donors (Lipinski definition) is 0. The molecule has 2 aliphatic rings. The summed E-state index contributed by atoms with van der Waals surface area (Å²) in [6.45, 7) is 9.51. The lowest BCUT2D eigenvalue weighted by molar-refractivity contribution is 0.632. The summed E-state index contributed by atoms with van der Waals surface area (Å²) in [5, 5.41) is 2.50. The third kappa shape index (κ3) is 4.09. The van der Waals surface area contributed by atoms with E-state index in [4.69, 9.17) is 0 Å². The maximum Gasteiger partial charge on any atom is 0.0540 e. The lowest BCUT2D eigenvalue weighted by Gasteiger charge is -2.43. The average molecular weight is 604 g/mol. The summed E-state index contributed by atoms with van der Waals surface area (Å²) in [6, 6.07) is 56.3. The molecule has 0 aromatic heterocycles. The van der Waals surface area contributed by atoms with Crippen molar-refractivity contribution >= 4 is 27.8 Å². The van der Waals surface area contributed by atoms with Gasteiger partial charge in [-0.25, -0.2) is 0 Å². The molecule has 0 saturated heterocycles. The number of nitrogens with zero attached hydrogens (tertiary/aromatic N) is 1. The number of rotatable bonds is 3. The molecule has 7 aromatic rings. The molecule has 0 fully saturated rings. The molecular formula is C46H37N. The Hall–Kier alpha value is -5.40. The Morgan fingerprint density at radius 3 is 1.64 bits per heavy atom. The van der Waals surface area contributed by atoms with Gasteiger partial charge in [-0.15, -0.1) is 0 Å². The SMILES string of the molecule is CC1(C)c2ccccc2-c2ccc(-c3ccc4c(c3)C(C)(C)c3cc(-c5ccccc5)ccc3N4c3cccc4ccccc34)cc21. The van der Waals surface area contributed by atoms with Gasteiger partial charge in [0.05, 0.1) is 17.1 Å². The predicted molar refractivity (Wildman–Crippen MR) is 199 cm³/mol. The molecule has 0 saturated carbocycles. The molecule has 1 heterocycles. The fraction of sp³-hybridized carbons (Fsp3) is 0.130. The number of benzene rings is 7. The number of fused-ring (bicyclic) bond motifs is 6. The van der Waals surface area contributed by atoms with Crippen LogP contribution in [0.4, 0.5) is 17.1 Å². The highest BCUT2D eigenvalue weighted by atomic mass is 15.2. The molecule has 1 nitrogen and oxygen atoms in total. The smallest absolute Gasteiger partial charge is 0.0540 e. The Kier molecular flexibility index (Phi) is 5.96. The van der Waals surface area contributed by atoms with Crippen molar-refractivity contribution in [3.8, 4) is 33.4 Å². The van der Waals surface area contributed by atoms with Crippen LogP contribution in [0.3, 0.4) is 0 Å². The first-order valence-corrected chi connectivity index (χ1v) is 16.7. The fourth-order valence-corrected chi connectivity index (χ4v) is 8.27. The number of anilines is 3. The maximum atomic E-state index is 2.50. The van der Waals surface area contributed by atoms with Gasteiger partial charge in [-0.3, -0.25) is 0 Å². The first kappa shape index (κ1) is 27.9. The van der Waals surface area contributed by atoms with Crippen LogP contribution in [0.1, 0.15) is 49.9 Å². The normalized spacial score (nSPS) is 15.1. The molecule has 0 N–H and O–H groups in total. The van der Waals surface area contributed by atoms with E-state index in [1.54, 1.807) is 0 Å². The van der Waals surface area contributed by atoms with Crippen molar-refractivity contribution in [1.29, 1.82) is 0 Å². The predicted octanol–water partition coefficient (Wildman–Crippen LogP) is 12.6. The number of hydrogen-bond acceptors (Lipinski definition) is 1. The van der Waals surface area contributed by atoms with Gasteiger partial charge in [-0.2, -0.15) is 0 Å². The molecule has 226 valence electrons. The molecule has 9 rings (SSSR count). The Labute approximate surface area is 277 Å². The van der Waals surface area contributed by atoms with Gasteiger partial charge in [0.15, 0.2) is 0 Å². The second kappa shape index (κ2) is 10.0. The quantitative estimate of drug-likeness (QED) is 0.194. The fourth-order valence-electron chi connectivity index (χ4n) is 8.27. The molecule has 1 heteroatoms. The molecular weight excluding hydrogens is 567 g/mol. The van der Waals surface area contributed by atoms with E-state index in [0.717, 1.165) is 0 Å². The van der Waals surface area contributed by atoms with E-state index < -0.39 is 0 Å². The van der Waals surface area contributed by atoms with Crippen LogP contribution in [-0.4, -0.2) is 0 Å². The van der Waals surface area contributed by atoms with Gasteiger partial charge in [-0.05, 0) is 97.4 Å². The zero-order valence-corrected chi connectivity index (χ0v) is 27.4. The molecule has 0 radical (unpaired) electrons. The molecule has 0 atom stereocenters. The second-order valence-corrected chi connectivity index (χ2v) is 14.2. The van der Waals surface area contributed by atoms with Crippen LogP contribution in [0.2, 0.25) is 0 Å². The maximum absolute atomic E-state index is 2.50. The van der Waals surface area contributed by atoms with Crippen molar-refractivity contribution in [2.24, 2.45) is 0 Å². The zero-order valence-electron chi connectivity index (χ0n) is 27.4.